The second kappa shape index (κ2) is 14.3. The number of carbonyl (C=O) groups is 4. The number of esters is 1. The Kier molecular flexibility index (Phi) is 10.8. The molecule has 2 bridgehead atoms. The monoisotopic (exact) mass is 595 g/mol. The van der Waals surface area contributed by atoms with Crippen LogP contribution in [0, 0.1) is 11.8 Å². The Morgan fingerprint density at radius 3 is 2.65 bits per heavy atom. The number of fused-ring (bicyclic) bond motifs is 1. The average Bonchev–Trinajstić information content (AvgIpc) is 3.64. The number of carbonyl (C=O) groups excluding carboxylic acids is 4. The van der Waals surface area contributed by atoms with Crippen molar-refractivity contribution >= 4 is 23.7 Å². The summed E-state index contributed by atoms with van der Waals surface area (Å²) in [5.74, 6) is -3.26. The van der Waals surface area contributed by atoms with Gasteiger partial charge < -0.3 is 29.7 Å². The Hall–Kier alpha value is -3.50. The molecule has 1 aromatic carbocycles. The van der Waals surface area contributed by atoms with E-state index in [0.29, 0.717) is 37.9 Å². The number of aliphatic hydroxyl groups excluding tert-OH is 1. The van der Waals surface area contributed by atoms with Gasteiger partial charge >= 0.3 is 5.97 Å². The van der Waals surface area contributed by atoms with E-state index in [0.717, 1.165) is 12.8 Å². The summed E-state index contributed by atoms with van der Waals surface area (Å²) in [6.45, 7) is 11.7. The quantitative estimate of drug-likeness (QED) is 0.222. The second-order valence-corrected chi connectivity index (χ2v) is 11.7. The SMILES string of the molecule is C=CCCC(=O)N[C@H](C)[C@@H](OC(=O)[C@@H]1[C@H]2C(=O)N(CCO)[C@H](C(=O)N(CC=C)CCCC)[C@]23CC[C@H]1O3)c1ccccc1. The van der Waals surface area contributed by atoms with E-state index in [1.54, 1.807) is 24.0 Å². The lowest BCUT2D eigenvalue weighted by molar-refractivity contribution is -0.162. The van der Waals surface area contributed by atoms with Crippen molar-refractivity contribution < 1.29 is 33.8 Å². The van der Waals surface area contributed by atoms with Crippen molar-refractivity contribution in [2.45, 2.75) is 82.3 Å². The van der Waals surface area contributed by atoms with Gasteiger partial charge in [0, 0.05) is 26.1 Å². The topological polar surface area (TPSA) is 125 Å². The zero-order chi connectivity index (χ0) is 31.1. The van der Waals surface area contributed by atoms with Crippen molar-refractivity contribution in [1.29, 1.82) is 0 Å². The van der Waals surface area contributed by atoms with Gasteiger partial charge in [0.1, 0.15) is 17.7 Å². The Morgan fingerprint density at radius 2 is 2.00 bits per heavy atom. The molecule has 3 fully saturated rings. The lowest BCUT2D eigenvalue weighted by atomic mass is 9.70. The fraction of sp³-hybridized carbons (Fsp3) is 0.576. The van der Waals surface area contributed by atoms with Gasteiger partial charge in [-0.15, -0.1) is 13.2 Å². The van der Waals surface area contributed by atoms with E-state index in [1.165, 1.54) is 4.90 Å². The summed E-state index contributed by atoms with van der Waals surface area (Å²) in [6, 6.07) is 7.65. The number of allylic oxidation sites excluding steroid dienone is 1. The van der Waals surface area contributed by atoms with Gasteiger partial charge in [0.25, 0.3) is 0 Å². The molecule has 3 aliphatic heterocycles. The van der Waals surface area contributed by atoms with Gasteiger partial charge in [-0.1, -0.05) is 55.8 Å². The molecule has 3 aliphatic rings. The van der Waals surface area contributed by atoms with Crippen LogP contribution < -0.4 is 5.32 Å². The zero-order valence-electron chi connectivity index (χ0n) is 25.3. The number of benzene rings is 1. The third kappa shape index (κ3) is 6.40. The minimum absolute atomic E-state index is 0.0423. The number of amides is 3. The van der Waals surface area contributed by atoms with Crippen LogP contribution in [0.1, 0.15) is 64.0 Å². The summed E-state index contributed by atoms with van der Waals surface area (Å²) in [4.78, 5) is 57.7. The standard InChI is InChI=1S/C33H45N3O7/c1-5-8-15-25(38)34-22(4)28(23-13-11-10-12-14-23)42-32(41)26-24-16-17-33(43-24)27(26)30(39)36(20-21-37)29(33)31(40)35(18-7-3)19-9-6-2/h5,7,10-14,22,24,26-29,37H,1,3,6,8-9,15-21H2,2,4H3,(H,34,38)/t22-,24-,26+,27+,28-,29-,33+/m1/s1. The van der Waals surface area contributed by atoms with Gasteiger partial charge in [0.15, 0.2) is 0 Å². The van der Waals surface area contributed by atoms with Crippen LogP contribution in [0.15, 0.2) is 55.6 Å². The first-order chi connectivity index (χ1) is 20.7. The predicted octanol–water partition coefficient (Wildman–Crippen LogP) is 2.92. The van der Waals surface area contributed by atoms with Crippen molar-refractivity contribution in [3.63, 3.8) is 0 Å². The maximum absolute atomic E-state index is 14.1. The Balaban J connectivity index is 1.62. The van der Waals surface area contributed by atoms with Gasteiger partial charge in [0.2, 0.25) is 17.7 Å². The fourth-order valence-electron chi connectivity index (χ4n) is 6.96. The molecule has 7 atom stereocenters. The minimum atomic E-state index is -1.18. The highest BCUT2D eigenvalue weighted by atomic mass is 16.6. The number of unbranched alkanes of at least 4 members (excludes halogenated alkanes) is 1. The number of rotatable bonds is 16. The molecule has 0 aromatic heterocycles. The summed E-state index contributed by atoms with van der Waals surface area (Å²) < 4.78 is 12.6. The predicted molar refractivity (Wildman–Crippen MR) is 160 cm³/mol. The van der Waals surface area contributed by atoms with E-state index in [1.807, 2.05) is 37.3 Å². The highest BCUT2D eigenvalue weighted by molar-refractivity contribution is 5.98. The third-order valence-corrected chi connectivity index (χ3v) is 8.88. The number of hydrogen-bond donors (Lipinski definition) is 2. The van der Waals surface area contributed by atoms with Crippen LogP contribution in [-0.4, -0.2) is 88.6 Å². The first-order valence-electron chi connectivity index (χ1n) is 15.4. The van der Waals surface area contributed by atoms with E-state index >= 15 is 0 Å². The molecule has 3 saturated heterocycles. The van der Waals surface area contributed by atoms with Crippen molar-refractivity contribution in [2.75, 3.05) is 26.2 Å². The zero-order valence-corrected chi connectivity index (χ0v) is 25.3. The average molecular weight is 596 g/mol. The first-order valence-corrected chi connectivity index (χ1v) is 15.4. The molecule has 234 valence electrons. The third-order valence-electron chi connectivity index (χ3n) is 8.88. The second-order valence-electron chi connectivity index (χ2n) is 11.7. The van der Waals surface area contributed by atoms with E-state index < -0.39 is 47.7 Å². The van der Waals surface area contributed by atoms with Crippen molar-refractivity contribution in [2.24, 2.45) is 11.8 Å². The molecule has 1 aromatic rings. The molecule has 3 amide bonds. The molecule has 2 N–H and O–H groups in total. The number of nitrogens with zero attached hydrogens (tertiary/aromatic N) is 2. The van der Waals surface area contributed by atoms with Crippen LogP contribution in [0.4, 0.5) is 0 Å². The van der Waals surface area contributed by atoms with E-state index in [4.69, 9.17) is 9.47 Å². The van der Waals surface area contributed by atoms with Crippen LogP contribution in [0.3, 0.4) is 0 Å². The Morgan fingerprint density at radius 1 is 1.26 bits per heavy atom. The maximum Gasteiger partial charge on any atom is 0.313 e. The molecule has 4 rings (SSSR count). The number of likely N-dealkylation sites (tertiary alicyclic amines) is 1. The lowest BCUT2D eigenvalue weighted by Gasteiger charge is -2.36. The summed E-state index contributed by atoms with van der Waals surface area (Å²) in [7, 11) is 0. The van der Waals surface area contributed by atoms with Crippen LogP contribution >= 0.6 is 0 Å². The van der Waals surface area contributed by atoms with Crippen LogP contribution in [0.2, 0.25) is 0 Å². The van der Waals surface area contributed by atoms with Gasteiger partial charge in [-0.2, -0.15) is 0 Å². The number of aliphatic hydroxyl groups is 1. The Labute approximate surface area is 254 Å². The van der Waals surface area contributed by atoms with Crippen molar-refractivity contribution in [1.82, 2.24) is 15.1 Å². The molecular weight excluding hydrogens is 550 g/mol. The molecule has 43 heavy (non-hydrogen) atoms. The number of hydrogen-bond acceptors (Lipinski definition) is 7. The molecule has 0 aliphatic carbocycles. The van der Waals surface area contributed by atoms with Gasteiger partial charge in [-0.3, -0.25) is 19.2 Å². The Bertz CT molecular complexity index is 1190. The van der Waals surface area contributed by atoms with Gasteiger partial charge in [-0.05, 0) is 38.2 Å². The van der Waals surface area contributed by atoms with Crippen molar-refractivity contribution in [3.05, 3.63) is 61.2 Å². The molecule has 0 saturated carbocycles. The highest BCUT2D eigenvalue weighted by Gasteiger charge is 2.75. The fourth-order valence-corrected chi connectivity index (χ4v) is 6.96. The molecular formula is C33H45N3O7. The number of β-amino-alcohol motifs (C(OH)–C–C–N with tert-alkyl or cyclic N) is 1. The van der Waals surface area contributed by atoms with E-state index in [9.17, 15) is 24.3 Å². The molecule has 1 spiro atoms. The van der Waals surface area contributed by atoms with Crippen LogP contribution in [0.5, 0.6) is 0 Å². The van der Waals surface area contributed by atoms with Crippen LogP contribution in [0.25, 0.3) is 0 Å². The van der Waals surface area contributed by atoms with E-state index in [-0.39, 0.29) is 37.3 Å². The van der Waals surface area contributed by atoms with E-state index in [2.05, 4.69) is 18.5 Å². The number of nitrogens with one attached hydrogen (secondary N) is 1. The first kappa shape index (κ1) is 32.4. The molecule has 0 unspecified atom stereocenters. The highest BCUT2D eigenvalue weighted by Crippen LogP contribution is 2.59. The molecule has 10 nitrogen and oxygen atoms in total. The normalized spacial score (nSPS) is 26.9. The summed E-state index contributed by atoms with van der Waals surface area (Å²) in [6.07, 6.45) is 5.35. The minimum Gasteiger partial charge on any atom is -0.455 e. The smallest absolute Gasteiger partial charge is 0.313 e. The molecule has 0 radical (unpaired) electrons. The summed E-state index contributed by atoms with van der Waals surface area (Å²) >= 11 is 0. The largest absolute Gasteiger partial charge is 0.455 e. The summed E-state index contributed by atoms with van der Waals surface area (Å²) in [5, 5.41) is 12.8. The van der Waals surface area contributed by atoms with Gasteiger partial charge in [0.05, 0.1) is 30.6 Å². The summed E-state index contributed by atoms with van der Waals surface area (Å²) in [5.41, 5.74) is -0.481. The lowest BCUT2D eigenvalue weighted by Crippen LogP contribution is -2.56. The molecule has 3 heterocycles. The van der Waals surface area contributed by atoms with Crippen LogP contribution in [-0.2, 0) is 28.7 Å². The maximum atomic E-state index is 14.1. The number of ether oxygens (including phenoxy) is 2. The van der Waals surface area contributed by atoms with Crippen molar-refractivity contribution in [3.8, 4) is 0 Å². The molecule has 10 heteroatoms. The van der Waals surface area contributed by atoms with Gasteiger partial charge in [-0.25, -0.2) is 0 Å².